The molecule has 1 heterocycles. The Kier molecular flexibility index (Phi) is 3.93. The van der Waals surface area contributed by atoms with Crippen LogP contribution in [0, 0.1) is 13.8 Å². The zero-order valence-electron chi connectivity index (χ0n) is 11.0. The van der Waals surface area contributed by atoms with E-state index in [1.165, 1.54) is 25.3 Å². The lowest BCUT2D eigenvalue weighted by atomic mass is 10.1. The summed E-state index contributed by atoms with van der Waals surface area (Å²) in [5.41, 5.74) is 0.385. The molecule has 0 aliphatic rings. The first-order valence-corrected chi connectivity index (χ1v) is 7.55. The summed E-state index contributed by atoms with van der Waals surface area (Å²) in [4.78, 5) is 14.7. The third kappa shape index (κ3) is 3.17. The standard InChI is InChI=1S/C12H11ClN2O5S/c1-6-5-20-12(14-6)15-21(18,19)10-4-8(13)3-9(7(10)2)11(16)17/h3-5H,1-2H3,(H,14,15)(H,16,17). The summed E-state index contributed by atoms with van der Waals surface area (Å²) in [6, 6.07) is 2.15. The van der Waals surface area contributed by atoms with Gasteiger partial charge < -0.3 is 9.52 Å². The van der Waals surface area contributed by atoms with Gasteiger partial charge in [0.1, 0.15) is 6.26 Å². The second-order valence-electron chi connectivity index (χ2n) is 4.28. The Morgan fingerprint density at radius 1 is 1.38 bits per heavy atom. The highest BCUT2D eigenvalue weighted by atomic mass is 35.5. The molecule has 0 radical (unpaired) electrons. The number of oxazole rings is 1. The summed E-state index contributed by atoms with van der Waals surface area (Å²) < 4.78 is 31.6. The fourth-order valence-electron chi connectivity index (χ4n) is 1.73. The Bertz CT molecular complexity index is 813. The molecule has 1 aromatic heterocycles. The summed E-state index contributed by atoms with van der Waals surface area (Å²) in [7, 11) is -4.06. The minimum absolute atomic E-state index is 0.00181. The quantitative estimate of drug-likeness (QED) is 0.891. The van der Waals surface area contributed by atoms with Crippen molar-refractivity contribution in [3.05, 3.63) is 40.2 Å². The maximum absolute atomic E-state index is 12.3. The second kappa shape index (κ2) is 5.38. The Morgan fingerprint density at radius 3 is 2.57 bits per heavy atom. The summed E-state index contributed by atoms with van der Waals surface area (Å²) >= 11 is 5.78. The molecule has 0 aliphatic heterocycles. The number of rotatable bonds is 4. The molecule has 0 bridgehead atoms. The van der Waals surface area contributed by atoms with E-state index in [2.05, 4.69) is 9.71 Å². The summed E-state index contributed by atoms with van der Waals surface area (Å²) in [5, 5.41) is 9.07. The van der Waals surface area contributed by atoms with E-state index in [0.717, 1.165) is 0 Å². The van der Waals surface area contributed by atoms with Crippen LogP contribution in [0.15, 0.2) is 27.7 Å². The molecule has 21 heavy (non-hydrogen) atoms. The number of benzene rings is 1. The normalized spacial score (nSPS) is 11.4. The van der Waals surface area contributed by atoms with Gasteiger partial charge in [-0.15, -0.1) is 0 Å². The number of anilines is 1. The first kappa shape index (κ1) is 15.3. The van der Waals surface area contributed by atoms with Gasteiger partial charge in [-0.1, -0.05) is 11.6 Å². The van der Waals surface area contributed by atoms with Crippen molar-refractivity contribution in [1.82, 2.24) is 4.98 Å². The fraction of sp³-hybridized carbons (Fsp3) is 0.167. The lowest BCUT2D eigenvalue weighted by molar-refractivity contribution is 0.0696. The van der Waals surface area contributed by atoms with E-state index in [9.17, 15) is 13.2 Å². The highest BCUT2D eigenvalue weighted by Gasteiger charge is 2.23. The predicted molar refractivity (Wildman–Crippen MR) is 75.2 cm³/mol. The minimum atomic E-state index is -4.06. The second-order valence-corrected chi connectivity index (χ2v) is 6.37. The molecule has 2 rings (SSSR count). The topological polar surface area (TPSA) is 110 Å². The molecule has 112 valence electrons. The van der Waals surface area contributed by atoms with Crippen molar-refractivity contribution >= 4 is 33.6 Å². The van der Waals surface area contributed by atoms with Crippen LogP contribution in [-0.2, 0) is 10.0 Å². The van der Waals surface area contributed by atoms with Crippen LogP contribution in [0.4, 0.5) is 6.01 Å². The van der Waals surface area contributed by atoms with Crippen molar-refractivity contribution < 1.29 is 22.7 Å². The molecule has 2 aromatic rings. The third-order valence-electron chi connectivity index (χ3n) is 2.69. The largest absolute Gasteiger partial charge is 0.478 e. The zero-order valence-corrected chi connectivity index (χ0v) is 12.6. The molecule has 0 atom stereocenters. The van der Waals surface area contributed by atoms with E-state index in [0.29, 0.717) is 5.69 Å². The Labute approximate surface area is 125 Å². The van der Waals surface area contributed by atoms with Crippen LogP contribution in [-0.4, -0.2) is 24.5 Å². The molecule has 0 saturated heterocycles. The number of carboxylic acid groups (broad SMARTS) is 1. The van der Waals surface area contributed by atoms with Gasteiger partial charge >= 0.3 is 12.0 Å². The molecule has 1 aromatic carbocycles. The molecule has 0 fully saturated rings. The predicted octanol–water partition coefficient (Wildman–Crippen LogP) is 2.44. The van der Waals surface area contributed by atoms with Crippen molar-refractivity contribution in [3.63, 3.8) is 0 Å². The van der Waals surface area contributed by atoms with Gasteiger partial charge in [0.05, 0.1) is 16.2 Å². The Hall–Kier alpha value is -2.06. The molecular weight excluding hydrogens is 320 g/mol. The van der Waals surface area contributed by atoms with E-state index in [4.69, 9.17) is 21.1 Å². The highest BCUT2D eigenvalue weighted by Crippen LogP contribution is 2.26. The first-order valence-electron chi connectivity index (χ1n) is 5.69. The van der Waals surface area contributed by atoms with E-state index < -0.39 is 16.0 Å². The Morgan fingerprint density at radius 2 is 2.05 bits per heavy atom. The first-order chi connectivity index (χ1) is 9.70. The monoisotopic (exact) mass is 330 g/mol. The third-order valence-corrected chi connectivity index (χ3v) is 4.35. The molecule has 9 heteroatoms. The maximum atomic E-state index is 12.3. The summed E-state index contributed by atoms with van der Waals surface area (Å²) in [6.07, 6.45) is 1.28. The molecule has 0 spiro atoms. The van der Waals surface area contributed by atoms with Crippen molar-refractivity contribution in [3.8, 4) is 0 Å². The van der Waals surface area contributed by atoms with E-state index >= 15 is 0 Å². The maximum Gasteiger partial charge on any atom is 0.336 e. The van der Waals surface area contributed by atoms with E-state index in [-0.39, 0.29) is 27.1 Å². The van der Waals surface area contributed by atoms with Crippen LogP contribution in [0.2, 0.25) is 5.02 Å². The van der Waals surface area contributed by atoms with Gasteiger partial charge in [-0.25, -0.2) is 17.9 Å². The van der Waals surface area contributed by atoms with Crippen molar-refractivity contribution in [2.75, 3.05) is 4.72 Å². The van der Waals surface area contributed by atoms with Gasteiger partial charge in [0.15, 0.2) is 0 Å². The average Bonchev–Trinajstić information content (AvgIpc) is 2.76. The molecule has 2 N–H and O–H groups in total. The van der Waals surface area contributed by atoms with Gasteiger partial charge in [-0.2, -0.15) is 4.98 Å². The number of aryl methyl sites for hydroxylation is 1. The molecule has 0 saturated carbocycles. The van der Waals surface area contributed by atoms with Crippen LogP contribution >= 0.6 is 11.6 Å². The number of carbonyl (C=O) groups is 1. The van der Waals surface area contributed by atoms with Crippen LogP contribution in [0.3, 0.4) is 0 Å². The van der Waals surface area contributed by atoms with Crippen molar-refractivity contribution in [2.24, 2.45) is 0 Å². The smallest absolute Gasteiger partial charge is 0.336 e. The molecule has 0 unspecified atom stereocenters. The number of halogens is 1. The molecule has 0 aliphatic carbocycles. The SMILES string of the molecule is Cc1coc(NS(=O)(=O)c2cc(Cl)cc(C(=O)O)c2C)n1. The summed E-state index contributed by atoms with van der Waals surface area (Å²) in [6.45, 7) is 3.02. The molecule has 0 amide bonds. The number of carboxylic acids is 1. The van der Waals surface area contributed by atoms with Crippen LogP contribution in [0.5, 0.6) is 0 Å². The number of aromatic nitrogens is 1. The van der Waals surface area contributed by atoms with Crippen molar-refractivity contribution in [1.29, 1.82) is 0 Å². The summed E-state index contributed by atoms with van der Waals surface area (Å²) in [5.74, 6) is -1.27. The number of nitrogens with zero attached hydrogens (tertiary/aromatic N) is 1. The van der Waals surface area contributed by atoms with Gasteiger partial charge in [0.25, 0.3) is 10.0 Å². The number of nitrogens with one attached hydrogen (secondary N) is 1. The minimum Gasteiger partial charge on any atom is -0.478 e. The van der Waals surface area contributed by atoms with E-state index in [1.54, 1.807) is 6.92 Å². The lowest BCUT2D eigenvalue weighted by Crippen LogP contribution is -2.16. The molecular formula is C12H11ClN2O5S. The van der Waals surface area contributed by atoms with Crippen LogP contribution < -0.4 is 4.72 Å². The van der Waals surface area contributed by atoms with Gasteiger partial charge in [0.2, 0.25) is 0 Å². The lowest BCUT2D eigenvalue weighted by Gasteiger charge is -2.10. The number of sulfonamides is 1. The van der Waals surface area contributed by atoms with Crippen molar-refractivity contribution in [2.45, 2.75) is 18.7 Å². The Balaban J connectivity index is 2.52. The fourth-order valence-corrected chi connectivity index (χ4v) is 3.24. The van der Waals surface area contributed by atoms with Crippen LogP contribution in [0.25, 0.3) is 0 Å². The number of hydrogen-bond donors (Lipinski definition) is 2. The molecule has 7 nitrogen and oxygen atoms in total. The average molecular weight is 331 g/mol. The van der Waals surface area contributed by atoms with Crippen LogP contribution in [0.1, 0.15) is 21.6 Å². The number of aromatic carboxylic acids is 1. The number of hydrogen-bond acceptors (Lipinski definition) is 5. The highest BCUT2D eigenvalue weighted by molar-refractivity contribution is 7.92. The zero-order chi connectivity index (χ0) is 15.8. The van der Waals surface area contributed by atoms with Gasteiger partial charge in [-0.05, 0) is 31.5 Å². The van der Waals surface area contributed by atoms with Gasteiger partial charge in [-0.3, -0.25) is 0 Å². The van der Waals surface area contributed by atoms with Gasteiger partial charge in [0, 0.05) is 5.02 Å². The van der Waals surface area contributed by atoms with E-state index in [1.807, 2.05) is 0 Å².